The van der Waals surface area contributed by atoms with Crippen LogP contribution in [0.4, 0.5) is 0 Å². The monoisotopic (exact) mass is 478 g/mol. The van der Waals surface area contributed by atoms with E-state index < -0.39 is 10.0 Å². The van der Waals surface area contributed by atoms with Crippen LogP contribution >= 0.6 is 0 Å². The molecular weight excluding hydrogens is 440 g/mol. The fourth-order valence-electron chi connectivity index (χ4n) is 4.72. The molecule has 1 amide bonds. The first-order chi connectivity index (χ1) is 15.5. The molecule has 1 aliphatic heterocycles. The number of carbonyl (C=O) groups is 1. The number of fused-ring (bicyclic) bond motifs is 1. The van der Waals surface area contributed by atoms with Gasteiger partial charge in [-0.2, -0.15) is 4.31 Å². The second kappa shape index (κ2) is 10.1. The maximum absolute atomic E-state index is 13.0. The highest BCUT2D eigenvalue weighted by Crippen LogP contribution is 2.25. The van der Waals surface area contributed by atoms with Crippen LogP contribution in [-0.2, 0) is 32.5 Å². The fraction of sp³-hybridized carbons (Fsp3) is 0.667. The zero-order chi connectivity index (χ0) is 24.4. The predicted octanol–water partition coefficient (Wildman–Crippen LogP) is 3.44. The molecule has 1 saturated heterocycles. The molecule has 2 heterocycles. The molecule has 1 aliphatic rings. The molecule has 0 saturated carbocycles. The summed E-state index contributed by atoms with van der Waals surface area (Å²) < 4.78 is 35.4. The number of aromatic nitrogens is 2. The average Bonchev–Trinajstić information content (AvgIpc) is 3.08. The van der Waals surface area contributed by atoms with E-state index in [4.69, 9.17) is 9.72 Å². The topological polar surface area (TPSA) is 84.7 Å². The van der Waals surface area contributed by atoms with Crippen molar-refractivity contribution in [1.29, 1.82) is 0 Å². The number of benzene rings is 1. The summed E-state index contributed by atoms with van der Waals surface area (Å²) in [5, 5.41) is 0. The first kappa shape index (κ1) is 25.6. The van der Waals surface area contributed by atoms with E-state index in [1.165, 1.54) is 4.31 Å². The summed E-state index contributed by atoms with van der Waals surface area (Å²) in [4.78, 5) is 19.9. The van der Waals surface area contributed by atoms with Crippen molar-refractivity contribution in [2.24, 2.45) is 0 Å². The van der Waals surface area contributed by atoms with Crippen molar-refractivity contribution < 1.29 is 17.9 Å². The van der Waals surface area contributed by atoms with Gasteiger partial charge in [0.2, 0.25) is 15.9 Å². The molecule has 2 aromatic rings. The minimum Gasteiger partial charge on any atom is -0.369 e. The van der Waals surface area contributed by atoms with Gasteiger partial charge in [0.25, 0.3) is 0 Å². The number of carbonyl (C=O) groups excluding carboxylic acids is 1. The van der Waals surface area contributed by atoms with Gasteiger partial charge in [-0.25, -0.2) is 13.4 Å². The Hall–Kier alpha value is -1.97. The Morgan fingerprint density at radius 3 is 2.55 bits per heavy atom. The van der Waals surface area contributed by atoms with Crippen LogP contribution in [0.2, 0.25) is 0 Å². The first-order valence-electron chi connectivity index (χ1n) is 12.0. The molecule has 1 atom stereocenters. The number of ether oxygens (including phenoxy) is 1. The van der Waals surface area contributed by atoms with Crippen LogP contribution in [0.1, 0.15) is 60.2 Å². The summed E-state index contributed by atoms with van der Waals surface area (Å²) in [5.74, 6) is 0.913. The molecular formula is C24H38N4O4S. The van der Waals surface area contributed by atoms with Gasteiger partial charge in [0, 0.05) is 45.6 Å². The molecule has 0 spiro atoms. The molecule has 1 fully saturated rings. The van der Waals surface area contributed by atoms with Gasteiger partial charge >= 0.3 is 0 Å². The van der Waals surface area contributed by atoms with Gasteiger partial charge in [-0.05, 0) is 45.4 Å². The summed E-state index contributed by atoms with van der Waals surface area (Å²) in [6.07, 6.45) is 1.80. The van der Waals surface area contributed by atoms with Crippen LogP contribution in [-0.4, -0.2) is 71.0 Å². The van der Waals surface area contributed by atoms with Crippen molar-refractivity contribution in [2.75, 3.05) is 26.2 Å². The third-order valence-corrected chi connectivity index (χ3v) is 8.12. The number of imidazole rings is 1. The van der Waals surface area contributed by atoms with E-state index in [0.29, 0.717) is 44.5 Å². The zero-order valence-electron chi connectivity index (χ0n) is 20.8. The van der Waals surface area contributed by atoms with Crippen molar-refractivity contribution >= 4 is 27.0 Å². The molecule has 3 rings (SSSR count). The van der Waals surface area contributed by atoms with E-state index in [9.17, 15) is 13.2 Å². The Bertz CT molecular complexity index is 1090. The number of amides is 1. The summed E-state index contributed by atoms with van der Waals surface area (Å²) >= 11 is 0. The van der Waals surface area contributed by atoms with Gasteiger partial charge in [-0.3, -0.25) is 4.79 Å². The lowest BCUT2D eigenvalue weighted by Gasteiger charge is -2.41. The van der Waals surface area contributed by atoms with Crippen molar-refractivity contribution in [3.8, 4) is 0 Å². The number of aryl methyl sites for hydroxylation is 2. The first-order valence-corrected chi connectivity index (χ1v) is 13.4. The van der Waals surface area contributed by atoms with Gasteiger partial charge in [-0.1, -0.05) is 20.8 Å². The Balaban J connectivity index is 1.85. The molecule has 0 bridgehead atoms. The molecule has 0 radical (unpaired) electrons. The van der Waals surface area contributed by atoms with Crippen LogP contribution in [0.5, 0.6) is 0 Å². The minimum absolute atomic E-state index is 0.00791. The van der Waals surface area contributed by atoms with Gasteiger partial charge in [0.05, 0.1) is 27.6 Å². The second-order valence-corrected chi connectivity index (χ2v) is 11.3. The van der Waals surface area contributed by atoms with E-state index >= 15 is 0 Å². The number of hydrogen-bond donors (Lipinski definition) is 0. The Morgan fingerprint density at radius 1 is 1.24 bits per heavy atom. The lowest BCUT2D eigenvalue weighted by molar-refractivity contribution is -0.158. The lowest BCUT2D eigenvalue weighted by Crippen LogP contribution is -2.53. The van der Waals surface area contributed by atoms with Crippen molar-refractivity contribution in [2.45, 2.75) is 84.0 Å². The van der Waals surface area contributed by atoms with Crippen molar-refractivity contribution in [1.82, 2.24) is 18.8 Å². The van der Waals surface area contributed by atoms with Crippen LogP contribution in [0.3, 0.4) is 0 Å². The lowest BCUT2D eigenvalue weighted by atomic mass is 10.0. The summed E-state index contributed by atoms with van der Waals surface area (Å²) in [5.41, 5.74) is 1.20. The van der Waals surface area contributed by atoms with E-state index in [2.05, 4.69) is 11.5 Å². The molecule has 9 heteroatoms. The Labute approximate surface area is 198 Å². The van der Waals surface area contributed by atoms with Crippen LogP contribution in [0, 0.1) is 0 Å². The third kappa shape index (κ3) is 5.58. The molecule has 1 aromatic carbocycles. The molecule has 0 aliphatic carbocycles. The molecule has 0 N–H and O–H groups in total. The van der Waals surface area contributed by atoms with E-state index in [1.807, 2.05) is 45.6 Å². The predicted molar refractivity (Wildman–Crippen MR) is 130 cm³/mol. The largest absolute Gasteiger partial charge is 0.369 e. The van der Waals surface area contributed by atoms with E-state index in [-0.39, 0.29) is 22.5 Å². The number of rotatable bonds is 9. The minimum atomic E-state index is -3.55. The molecule has 33 heavy (non-hydrogen) atoms. The maximum Gasteiger partial charge on any atom is 0.243 e. The number of morpholine rings is 1. The smallest absolute Gasteiger partial charge is 0.243 e. The highest BCUT2D eigenvalue weighted by atomic mass is 32.2. The highest BCUT2D eigenvalue weighted by Gasteiger charge is 2.33. The molecule has 1 unspecified atom stereocenters. The summed E-state index contributed by atoms with van der Waals surface area (Å²) in [6.45, 7) is 14.6. The average molecular weight is 479 g/mol. The van der Waals surface area contributed by atoms with Gasteiger partial charge in [-0.15, -0.1) is 0 Å². The highest BCUT2D eigenvalue weighted by molar-refractivity contribution is 7.89. The van der Waals surface area contributed by atoms with Crippen LogP contribution in [0.15, 0.2) is 23.1 Å². The standard InChI is InChI=1S/C24H38N4O4S/c1-7-14-28-21-11-10-19(33(30,31)27(8-2)9-3)15-20(21)25-22(28)12-13-23(29)26-16-18(4)32-24(5,6)17-26/h10-11,15,18H,7-9,12-14,16-17H2,1-6H3. The van der Waals surface area contributed by atoms with E-state index in [0.717, 1.165) is 24.3 Å². The number of hydrogen-bond acceptors (Lipinski definition) is 5. The number of nitrogens with zero attached hydrogens (tertiary/aromatic N) is 4. The summed E-state index contributed by atoms with van der Waals surface area (Å²) in [7, 11) is -3.55. The molecule has 8 nitrogen and oxygen atoms in total. The van der Waals surface area contributed by atoms with Gasteiger partial charge < -0.3 is 14.2 Å². The Morgan fingerprint density at radius 2 is 1.94 bits per heavy atom. The maximum atomic E-state index is 13.0. The number of sulfonamides is 1. The fourth-order valence-corrected chi connectivity index (χ4v) is 6.20. The summed E-state index contributed by atoms with van der Waals surface area (Å²) in [6, 6.07) is 5.16. The van der Waals surface area contributed by atoms with Gasteiger partial charge in [0.1, 0.15) is 5.82 Å². The quantitative estimate of drug-likeness (QED) is 0.551. The van der Waals surface area contributed by atoms with Gasteiger partial charge in [0.15, 0.2) is 0 Å². The van der Waals surface area contributed by atoms with Crippen LogP contribution in [0.25, 0.3) is 11.0 Å². The SMILES string of the molecule is CCCn1c(CCC(=O)N2CC(C)OC(C)(C)C2)nc2cc(S(=O)(=O)N(CC)CC)ccc21. The second-order valence-electron chi connectivity index (χ2n) is 9.38. The third-order valence-electron chi connectivity index (χ3n) is 6.07. The van der Waals surface area contributed by atoms with E-state index in [1.54, 1.807) is 12.1 Å². The zero-order valence-corrected chi connectivity index (χ0v) is 21.6. The van der Waals surface area contributed by atoms with Crippen molar-refractivity contribution in [3.63, 3.8) is 0 Å². The normalized spacial score (nSPS) is 18.9. The van der Waals surface area contributed by atoms with Crippen LogP contribution < -0.4 is 0 Å². The molecule has 184 valence electrons. The molecule has 1 aromatic heterocycles. The van der Waals surface area contributed by atoms with Crippen molar-refractivity contribution in [3.05, 3.63) is 24.0 Å². The Kier molecular flexibility index (Phi) is 7.86.